The maximum absolute atomic E-state index is 5.90. The van der Waals surface area contributed by atoms with Crippen LogP contribution in [0.1, 0.15) is 32.9 Å². The molecule has 3 heterocycles. The van der Waals surface area contributed by atoms with E-state index < -0.39 is 0 Å². The quantitative estimate of drug-likeness (QED) is 0.945. The van der Waals surface area contributed by atoms with Crippen LogP contribution in [0.25, 0.3) is 4.96 Å². The van der Waals surface area contributed by atoms with Crippen LogP contribution in [0, 0.1) is 18.3 Å². The average molecular weight is 294 g/mol. The normalized spacial score (nSPS) is 23.6. The van der Waals surface area contributed by atoms with E-state index in [1.54, 1.807) is 11.3 Å². The van der Waals surface area contributed by atoms with Gasteiger partial charge in [-0.1, -0.05) is 32.1 Å². The van der Waals surface area contributed by atoms with Crippen LogP contribution in [0.15, 0.2) is 6.20 Å². The first-order valence-electron chi connectivity index (χ1n) is 7.12. The standard InChI is InChI=1S/C14H22N4OS/c1-9-8-18-13(16-9)20-12(17-18)15-7-10-5-6-19-11(10)14(2,3)4/h8,10-11H,5-7H2,1-4H3,(H,15,17)/t10-,11+/m1/s1. The van der Waals surface area contributed by atoms with Gasteiger partial charge in [-0.3, -0.25) is 0 Å². The van der Waals surface area contributed by atoms with Crippen molar-refractivity contribution < 1.29 is 4.74 Å². The average Bonchev–Trinajstić information content (AvgIpc) is 2.97. The van der Waals surface area contributed by atoms with Crippen LogP contribution in [-0.4, -0.2) is 33.9 Å². The van der Waals surface area contributed by atoms with Crippen molar-refractivity contribution in [2.24, 2.45) is 11.3 Å². The minimum atomic E-state index is 0.192. The summed E-state index contributed by atoms with van der Waals surface area (Å²) in [5.41, 5.74) is 1.20. The molecule has 1 N–H and O–H groups in total. The molecule has 2 aromatic heterocycles. The molecular weight excluding hydrogens is 272 g/mol. The predicted molar refractivity (Wildman–Crippen MR) is 81.4 cm³/mol. The molecule has 2 aromatic rings. The van der Waals surface area contributed by atoms with Gasteiger partial charge in [0.1, 0.15) is 0 Å². The highest BCUT2D eigenvalue weighted by atomic mass is 32.1. The zero-order valence-electron chi connectivity index (χ0n) is 12.5. The molecule has 0 spiro atoms. The first kappa shape index (κ1) is 13.8. The minimum absolute atomic E-state index is 0.192. The molecule has 0 unspecified atom stereocenters. The van der Waals surface area contributed by atoms with Crippen molar-refractivity contribution in [1.29, 1.82) is 0 Å². The topological polar surface area (TPSA) is 51.5 Å². The first-order valence-corrected chi connectivity index (χ1v) is 7.93. The number of nitrogens with zero attached hydrogens (tertiary/aromatic N) is 3. The molecule has 0 amide bonds. The summed E-state index contributed by atoms with van der Waals surface area (Å²) in [5, 5.41) is 8.89. The van der Waals surface area contributed by atoms with Gasteiger partial charge in [-0.15, -0.1) is 5.10 Å². The Morgan fingerprint density at radius 3 is 3.00 bits per heavy atom. The van der Waals surface area contributed by atoms with Crippen LogP contribution in [0.2, 0.25) is 0 Å². The lowest BCUT2D eigenvalue weighted by atomic mass is 9.81. The Morgan fingerprint density at radius 2 is 2.30 bits per heavy atom. The molecule has 0 aliphatic carbocycles. The third kappa shape index (κ3) is 2.67. The lowest BCUT2D eigenvalue weighted by Crippen LogP contribution is -2.34. The van der Waals surface area contributed by atoms with Gasteiger partial charge in [0, 0.05) is 19.1 Å². The number of nitrogens with one attached hydrogen (secondary N) is 1. The van der Waals surface area contributed by atoms with Gasteiger partial charge < -0.3 is 10.1 Å². The molecule has 1 aliphatic heterocycles. The Labute approximate surface area is 123 Å². The highest BCUT2D eigenvalue weighted by molar-refractivity contribution is 7.20. The molecule has 20 heavy (non-hydrogen) atoms. The van der Waals surface area contributed by atoms with Crippen molar-refractivity contribution in [2.45, 2.75) is 40.2 Å². The summed E-state index contributed by atoms with van der Waals surface area (Å²) in [6.07, 6.45) is 3.39. The minimum Gasteiger partial charge on any atom is -0.377 e. The zero-order valence-corrected chi connectivity index (χ0v) is 13.3. The molecule has 0 radical (unpaired) electrons. The summed E-state index contributed by atoms with van der Waals surface area (Å²) in [4.78, 5) is 5.37. The molecule has 110 valence electrons. The maximum Gasteiger partial charge on any atom is 0.214 e. The van der Waals surface area contributed by atoms with Crippen molar-refractivity contribution in [3.63, 3.8) is 0 Å². The number of aryl methyl sites for hydroxylation is 1. The summed E-state index contributed by atoms with van der Waals surface area (Å²) in [7, 11) is 0. The Bertz CT molecular complexity index is 566. The molecule has 0 saturated carbocycles. The Morgan fingerprint density at radius 1 is 1.50 bits per heavy atom. The van der Waals surface area contributed by atoms with Crippen LogP contribution in [-0.2, 0) is 4.74 Å². The van der Waals surface area contributed by atoms with E-state index >= 15 is 0 Å². The van der Waals surface area contributed by atoms with Crippen LogP contribution < -0.4 is 5.32 Å². The molecule has 1 saturated heterocycles. The third-order valence-electron chi connectivity index (χ3n) is 3.75. The number of hydrogen-bond acceptors (Lipinski definition) is 5. The smallest absolute Gasteiger partial charge is 0.214 e. The van der Waals surface area contributed by atoms with E-state index in [0.717, 1.165) is 35.4 Å². The highest BCUT2D eigenvalue weighted by Gasteiger charge is 2.37. The SMILES string of the molecule is Cc1cn2nc(NC[C@H]3CCO[C@@H]3C(C)(C)C)sc2n1. The van der Waals surface area contributed by atoms with Crippen LogP contribution >= 0.6 is 11.3 Å². The van der Waals surface area contributed by atoms with Crippen molar-refractivity contribution in [2.75, 3.05) is 18.5 Å². The number of rotatable bonds is 3. The lowest BCUT2D eigenvalue weighted by molar-refractivity contribution is 0.00957. The van der Waals surface area contributed by atoms with Crippen molar-refractivity contribution >= 4 is 21.4 Å². The van der Waals surface area contributed by atoms with Gasteiger partial charge in [0.25, 0.3) is 0 Å². The first-order chi connectivity index (χ1) is 9.43. The lowest BCUT2D eigenvalue weighted by Gasteiger charge is -2.31. The number of aromatic nitrogens is 3. The predicted octanol–water partition coefficient (Wildman–Crippen LogP) is 2.96. The molecule has 0 aromatic carbocycles. The van der Waals surface area contributed by atoms with E-state index in [0.29, 0.717) is 12.0 Å². The molecule has 2 atom stereocenters. The van der Waals surface area contributed by atoms with Crippen molar-refractivity contribution in [3.8, 4) is 0 Å². The summed E-state index contributed by atoms with van der Waals surface area (Å²) >= 11 is 1.60. The third-order valence-corrected chi connectivity index (χ3v) is 4.63. The fraction of sp³-hybridized carbons (Fsp3) is 0.714. The number of imidazole rings is 1. The van der Waals surface area contributed by atoms with Gasteiger partial charge in [0.05, 0.1) is 18.0 Å². The fourth-order valence-electron chi connectivity index (χ4n) is 2.90. The molecule has 0 bridgehead atoms. The summed E-state index contributed by atoms with van der Waals surface area (Å²) in [6.45, 7) is 10.5. The monoisotopic (exact) mass is 294 g/mol. The second kappa shape index (κ2) is 5.00. The van der Waals surface area contributed by atoms with E-state index in [1.165, 1.54) is 0 Å². The second-order valence-corrected chi connectivity index (χ2v) is 7.56. The van der Waals surface area contributed by atoms with E-state index in [-0.39, 0.29) is 5.41 Å². The number of fused-ring (bicyclic) bond motifs is 1. The van der Waals surface area contributed by atoms with Crippen LogP contribution in [0.5, 0.6) is 0 Å². The molecule has 1 aliphatic rings. The number of anilines is 1. The van der Waals surface area contributed by atoms with E-state index in [4.69, 9.17) is 4.74 Å². The van der Waals surface area contributed by atoms with Crippen molar-refractivity contribution in [1.82, 2.24) is 14.6 Å². The largest absolute Gasteiger partial charge is 0.377 e. The summed E-state index contributed by atoms with van der Waals surface area (Å²) in [6, 6.07) is 0. The number of ether oxygens (including phenoxy) is 1. The van der Waals surface area contributed by atoms with Gasteiger partial charge in [-0.05, 0) is 18.8 Å². The molecule has 6 heteroatoms. The molecular formula is C14H22N4OS. The Balaban J connectivity index is 1.65. The summed E-state index contributed by atoms with van der Waals surface area (Å²) < 4.78 is 7.75. The van der Waals surface area contributed by atoms with Gasteiger partial charge >= 0.3 is 0 Å². The van der Waals surface area contributed by atoms with Crippen LogP contribution in [0.4, 0.5) is 5.13 Å². The van der Waals surface area contributed by atoms with Crippen LogP contribution in [0.3, 0.4) is 0 Å². The molecule has 3 rings (SSSR count). The van der Waals surface area contributed by atoms with E-state index in [1.807, 2.05) is 17.6 Å². The fourth-order valence-corrected chi connectivity index (χ4v) is 3.73. The van der Waals surface area contributed by atoms with E-state index in [9.17, 15) is 0 Å². The maximum atomic E-state index is 5.90. The zero-order chi connectivity index (χ0) is 14.3. The summed E-state index contributed by atoms with van der Waals surface area (Å²) in [5.74, 6) is 0.549. The Kier molecular flexibility index (Phi) is 3.46. The van der Waals surface area contributed by atoms with Crippen molar-refractivity contribution in [3.05, 3.63) is 11.9 Å². The molecule has 1 fully saturated rings. The molecule has 5 nitrogen and oxygen atoms in total. The van der Waals surface area contributed by atoms with Gasteiger partial charge in [0.2, 0.25) is 10.1 Å². The Hall–Kier alpha value is -1.14. The highest BCUT2D eigenvalue weighted by Crippen LogP contribution is 2.35. The van der Waals surface area contributed by atoms with Gasteiger partial charge in [-0.2, -0.15) is 0 Å². The van der Waals surface area contributed by atoms with E-state index in [2.05, 4.69) is 36.2 Å². The van der Waals surface area contributed by atoms with Gasteiger partial charge in [-0.25, -0.2) is 9.50 Å². The second-order valence-electron chi connectivity index (χ2n) is 6.60. The van der Waals surface area contributed by atoms with Gasteiger partial charge in [0.15, 0.2) is 0 Å². The number of hydrogen-bond donors (Lipinski definition) is 1.